The van der Waals surface area contributed by atoms with Gasteiger partial charge < -0.3 is 9.84 Å². The van der Waals surface area contributed by atoms with Crippen molar-refractivity contribution in [3.05, 3.63) is 41.0 Å². The summed E-state index contributed by atoms with van der Waals surface area (Å²) >= 11 is 0. The highest BCUT2D eigenvalue weighted by molar-refractivity contribution is 5.45. The molecule has 1 aromatic carbocycles. The zero-order valence-electron chi connectivity index (χ0n) is 10.8. The number of methoxy groups -OCH3 is 1. The average molecular weight is 232 g/mol. The molecule has 0 amide bonds. The molecule has 0 aliphatic heterocycles. The van der Waals surface area contributed by atoms with E-state index in [0.717, 1.165) is 41.7 Å². The van der Waals surface area contributed by atoms with Gasteiger partial charge in [0.1, 0.15) is 11.4 Å². The van der Waals surface area contributed by atoms with Crippen LogP contribution in [-0.4, -0.2) is 12.2 Å². The van der Waals surface area contributed by atoms with Crippen molar-refractivity contribution in [2.45, 2.75) is 38.7 Å². The Kier molecular flexibility index (Phi) is 3.25. The van der Waals surface area contributed by atoms with Gasteiger partial charge in [-0.1, -0.05) is 12.2 Å². The fraction of sp³-hybridized carbons (Fsp3) is 0.467. The van der Waals surface area contributed by atoms with Gasteiger partial charge in [0.05, 0.1) is 7.11 Å². The van der Waals surface area contributed by atoms with E-state index in [1.54, 1.807) is 7.11 Å². The van der Waals surface area contributed by atoms with E-state index in [-0.39, 0.29) is 0 Å². The molecule has 0 radical (unpaired) electrons. The predicted octanol–water partition coefficient (Wildman–Crippen LogP) is 3.24. The number of hydrogen-bond donors (Lipinski definition) is 1. The lowest BCUT2D eigenvalue weighted by Gasteiger charge is -2.30. The summed E-state index contributed by atoms with van der Waals surface area (Å²) < 4.78 is 5.30. The van der Waals surface area contributed by atoms with Crippen molar-refractivity contribution < 1.29 is 9.84 Å². The Bertz CT molecular complexity index is 448. The molecular weight excluding hydrogens is 212 g/mol. The van der Waals surface area contributed by atoms with Gasteiger partial charge in [0.2, 0.25) is 0 Å². The van der Waals surface area contributed by atoms with Crippen molar-refractivity contribution in [2.75, 3.05) is 7.11 Å². The molecule has 1 aliphatic rings. The summed E-state index contributed by atoms with van der Waals surface area (Å²) in [6.07, 6.45) is 6.91. The maximum Gasteiger partial charge on any atom is 0.122 e. The van der Waals surface area contributed by atoms with E-state index in [9.17, 15) is 5.11 Å². The number of hydrogen-bond acceptors (Lipinski definition) is 2. The molecular formula is C15H20O2. The molecule has 0 bridgehead atoms. The molecule has 1 N–H and O–H groups in total. The number of aliphatic hydroxyl groups is 1. The highest BCUT2D eigenvalue weighted by Gasteiger charge is 2.29. The zero-order valence-corrected chi connectivity index (χ0v) is 10.8. The Labute approximate surface area is 103 Å². The van der Waals surface area contributed by atoms with Crippen LogP contribution < -0.4 is 4.74 Å². The third-order valence-corrected chi connectivity index (χ3v) is 3.53. The molecule has 92 valence electrons. The van der Waals surface area contributed by atoms with Crippen molar-refractivity contribution >= 4 is 0 Å². The van der Waals surface area contributed by atoms with Crippen LogP contribution in [0.1, 0.15) is 36.0 Å². The second-order valence-electron chi connectivity index (χ2n) is 4.86. The molecule has 0 saturated heterocycles. The van der Waals surface area contributed by atoms with Gasteiger partial charge in [0.25, 0.3) is 0 Å². The molecule has 2 rings (SSSR count). The van der Waals surface area contributed by atoms with Crippen LogP contribution in [0.2, 0.25) is 0 Å². The first-order valence-electron chi connectivity index (χ1n) is 6.12. The molecule has 1 atom stereocenters. The third-order valence-electron chi connectivity index (χ3n) is 3.53. The highest BCUT2D eigenvalue weighted by atomic mass is 16.5. The topological polar surface area (TPSA) is 29.5 Å². The van der Waals surface area contributed by atoms with Crippen LogP contribution in [0.3, 0.4) is 0 Å². The maximum absolute atomic E-state index is 10.7. The van der Waals surface area contributed by atoms with Gasteiger partial charge in [-0.05, 0) is 61.9 Å². The highest BCUT2D eigenvalue weighted by Crippen LogP contribution is 2.36. The monoisotopic (exact) mass is 232 g/mol. The molecule has 0 fully saturated rings. The van der Waals surface area contributed by atoms with E-state index in [1.165, 1.54) is 0 Å². The van der Waals surface area contributed by atoms with Crippen LogP contribution in [0.15, 0.2) is 24.3 Å². The third kappa shape index (κ3) is 2.22. The Morgan fingerprint density at radius 3 is 2.59 bits per heavy atom. The first kappa shape index (κ1) is 12.2. The van der Waals surface area contributed by atoms with Gasteiger partial charge in [-0.15, -0.1) is 0 Å². The van der Waals surface area contributed by atoms with E-state index in [0.29, 0.717) is 0 Å². The van der Waals surface area contributed by atoms with Gasteiger partial charge in [-0.25, -0.2) is 0 Å². The van der Waals surface area contributed by atoms with Crippen LogP contribution in [0.25, 0.3) is 0 Å². The van der Waals surface area contributed by atoms with E-state index in [1.807, 2.05) is 32.1 Å². The lowest BCUT2D eigenvalue weighted by atomic mass is 9.82. The maximum atomic E-state index is 10.7. The quantitative estimate of drug-likeness (QED) is 0.793. The van der Waals surface area contributed by atoms with Gasteiger partial charge in [0, 0.05) is 0 Å². The van der Waals surface area contributed by atoms with Crippen molar-refractivity contribution in [2.24, 2.45) is 0 Å². The van der Waals surface area contributed by atoms with Crippen molar-refractivity contribution in [3.8, 4) is 5.75 Å². The standard InChI is InChI=1S/C15H20O2/c1-11-10-14(17-3)12(2)9-13(11)15(16)7-5-4-6-8-15/h5,7,9-10,16H,4,6,8H2,1-3H3. The van der Waals surface area contributed by atoms with Gasteiger partial charge >= 0.3 is 0 Å². The van der Waals surface area contributed by atoms with E-state index in [2.05, 4.69) is 6.08 Å². The predicted molar refractivity (Wildman–Crippen MR) is 69.4 cm³/mol. The fourth-order valence-electron chi connectivity index (χ4n) is 2.55. The Hall–Kier alpha value is -1.28. The fourth-order valence-corrected chi connectivity index (χ4v) is 2.55. The molecule has 0 spiro atoms. The van der Waals surface area contributed by atoms with Crippen molar-refractivity contribution in [1.29, 1.82) is 0 Å². The van der Waals surface area contributed by atoms with Gasteiger partial charge in [0.15, 0.2) is 0 Å². The molecule has 0 aromatic heterocycles. The van der Waals surface area contributed by atoms with E-state index < -0.39 is 5.60 Å². The molecule has 2 heteroatoms. The van der Waals surface area contributed by atoms with Crippen molar-refractivity contribution in [1.82, 2.24) is 0 Å². The van der Waals surface area contributed by atoms with Gasteiger partial charge in [-0.2, -0.15) is 0 Å². The molecule has 0 saturated carbocycles. The zero-order chi connectivity index (χ0) is 12.5. The molecule has 1 aromatic rings. The molecule has 2 nitrogen and oxygen atoms in total. The molecule has 17 heavy (non-hydrogen) atoms. The lowest BCUT2D eigenvalue weighted by molar-refractivity contribution is 0.0718. The van der Waals surface area contributed by atoms with Crippen LogP contribution in [-0.2, 0) is 5.60 Å². The smallest absolute Gasteiger partial charge is 0.122 e. The first-order valence-corrected chi connectivity index (χ1v) is 6.12. The number of rotatable bonds is 2. The largest absolute Gasteiger partial charge is 0.496 e. The summed E-state index contributed by atoms with van der Waals surface area (Å²) in [6.45, 7) is 4.04. The minimum absolute atomic E-state index is 0.792. The summed E-state index contributed by atoms with van der Waals surface area (Å²) in [7, 11) is 1.68. The lowest BCUT2D eigenvalue weighted by Crippen LogP contribution is -2.26. The van der Waals surface area contributed by atoms with E-state index in [4.69, 9.17) is 4.74 Å². The average Bonchev–Trinajstić information content (AvgIpc) is 2.32. The Morgan fingerprint density at radius 1 is 1.24 bits per heavy atom. The molecule has 1 unspecified atom stereocenters. The first-order chi connectivity index (χ1) is 8.07. The second kappa shape index (κ2) is 4.53. The summed E-state index contributed by atoms with van der Waals surface area (Å²) in [5, 5.41) is 10.7. The summed E-state index contributed by atoms with van der Waals surface area (Å²) in [6, 6.07) is 4.05. The SMILES string of the molecule is COc1cc(C)c(C2(O)C=CCCC2)cc1C. The number of allylic oxidation sites excluding steroid dienone is 1. The number of ether oxygens (including phenoxy) is 1. The Balaban J connectivity index is 2.48. The summed E-state index contributed by atoms with van der Waals surface area (Å²) in [5.74, 6) is 0.884. The summed E-state index contributed by atoms with van der Waals surface area (Å²) in [5.41, 5.74) is 2.37. The van der Waals surface area contributed by atoms with Crippen molar-refractivity contribution in [3.63, 3.8) is 0 Å². The Morgan fingerprint density at radius 2 is 2.00 bits per heavy atom. The molecule has 0 heterocycles. The minimum atomic E-state index is -0.792. The molecule has 1 aliphatic carbocycles. The number of aryl methyl sites for hydroxylation is 2. The normalized spacial score (nSPS) is 23.8. The van der Waals surface area contributed by atoms with Crippen LogP contribution in [0, 0.1) is 13.8 Å². The van der Waals surface area contributed by atoms with E-state index >= 15 is 0 Å². The number of benzene rings is 1. The van der Waals surface area contributed by atoms with Crippen LogP contribution in [0.5, 0.6) is 5.75 Å². The second-order valence-corrected chi connectivity index (χ2v) is 4.86. The minimum Gasteiger partial charge on any atom is -0.496 e. The summed E-state index contributed by atoms with van der Waals surface area (Å²) in [4.78, 5) is 0. The van der Waals surface area contributed by atoms with Crippen LogP contribution >= 0.6 is 0 Å². The van der Waals surface area contributed by atoms with Gasteiger partial charge in [-0.3, -0.25) is 0 Å². The van der Waals surface area contributed by atoms with Crippen LogP contribution in [0.4, 0.5) is 0 Å².